The van der Waals surface area contributed by atoms with Crippen LogP contribution >= 0.6 is 22.6 Å². The van der Waals surface area contributed by atoms with Gasteiger partial charge in [-0.05, 0) is 91.7 Å². The molecule has 1 amide bonds. The molecule has 0 atom stereocenters. The van der Waals surface area contributed by atoms with Gasteiger partial charge in [0.2, 0.25) is 5.91 Å². The van der Waals surface area contributed by atoms with E-state index in [1.807, 2.05) is 26.0 Å². The van der Waals surface area contributed by atoms with Crippen molar-refractivity contribution in [1.82, 2.24) is 9.99 Å². The lowest BCUT2D eigenvalue weighted by molar-refractivity contribution is -0.120. The van der Waals surface area contributed by atoms with Crippen molar-refractivity contribution in [1.29, 1.82) is 0 Å². The van der Waals surface area contributed by atoms with E-state index in [4.69, 9.17) is 0 Å². The maximum absolute atomic E-state index is 12.2. The maximum Gasteiger partial charge on any atom is 0.244 e. The quantitative estimate of drug-likeness (QED) is 0.308. The molecule has 0 bridgehead atoms. The van der Waals surface area contributed by atoms with Gasteiger partial charge in [0.15, 0.2) is 0 Å². The van der Waals surface area contributed by atoms with Gasteiger partial charge in [-0.3, -0.25) is 4.79 Å². The molecule has 1 heterocycles. The number of amides is 1. The van der Waals surface area contributed by atoms with Crippen LogP contribution in [0.15, 0.2) is 53.6 Å². The largest absolute Gasteiger partial charge is 0.318 e. The van der Waals surface area contributed by atoms with Gasteiger partial charge in [0, 0.05) is 26.2 Å². The maximum atomic E-state index is 12.2. The van der Waals surface area contributed by atoms with E-state index < -0.39 is 0 Å². The second-order valence-electron chi connectivity index (χ2n) is 7.04. The molecule has 0 unspecified atom stereocenters. The first kappa shape index (κ1) is 20.3. The van der Waals surface area contributed by atoms with E-state index in [-0.39, 0.29) is 5.91 Å². The number of rotatable bonds is 5. The van der Waals surface area contributed by atoms with Crippen LogP contribution in [0.4, 0.5) is 0 Å². The lowest BCUT2D eigenvalue weighted by Gasteiger charge is -2.09. The van der Waals surface area contributed by atoms with E-state index in [0.29, 0.717) is 6.42 Å². The smallest absolute Gasteiger partial charge is 0.244 e. The number of aromatic nitrogens is 1. The molecular formula is C23H24IN3O. The number of nitrogens with one attached hydrogen (secondary N) is 1. The Morgan fingerprint density at radius 3 is 2.46 bits per heavy atom. The first-order valence-electron chi connectivity index (χ1n) is 9.18. The Bertz CT molecular complexity index is 1030. The molecule has 3 aromatic rings. The Morgan fingerprint density at radius 1 is 1.07 bits per heavy atom. The Hall–Kier alpha value is -2.41. The van der Waals surface area contributed by atoms with Crippen molar-refractivity contribution < 1.29 is 4.79 Å². The SMILES string of the molecule is Cc1ccc(CC(=O)N/N=C\c2cc(C)n(-c3ccc(I)cc3)c2C)c(C)c1. The van der Waals surface area contributed by atoms with Crippen LogP contribution in [-0.4, -0.2) is 16.7 Å². The van der Waals surface area contributed by atoms with Gasteiger partial charge >= 0.3 is 0 Å². The summed E-state index contributed by atoms with van der Waals surface area (Å²) in [5.41, 5.74) is 10.3. The summed E-state index contributed by atoms with van der Waals surface area (Å²) in [6.45, 7) is 8.21. The first-order chi connectivity index (χ1) is 13.3. The Labute approximate surface area is 179 Å². The molecule has 0 radical (unpaired) electrons. The number of carbonyl (C=O) groups excluding carboxylic acids is 1. The van der Waals surface area contributed by atoms with Gasteiger partial charge in [0.05, 0.1) is 12.6 Å². The minimum absolute atomic E-state index is 0.116. The van der Waals surface area contributed by atoms with Gasteiger partial charge in [0.1, 0.15) is 0 Å². The van der Waals surface area contributed by atoms with Crippen LogP contribution in [0.2, 0.25) is 0 Å². The third-order valence-electron chi connectivity index (χ3n) is 4.80. The fraction of sp³-hybridized carbons (Fsp3) is 0.217. The highest BCUT2D eigenvalue weighted by molar-refractivity contribution is 14.1. The summed E-state index contributed by atoms with van der Waals surface area (Å²) in [5, 5.41) is 4.17. The topological polar surface area (TPSA) is 46.4 Å². The highest BCUT2D eigenvalue weighted by Gasteiger charge is 2.10. The number of benzene rings is 2. The van der Waals surface area contributed by atoms with Crippen LogP contribution in [0.1, 0.15) is 33.6 Å². The highest BCUT2D eigenvalue weighted by Crippen LogP contribution is 2.20. The third-order valence-corrected chi connectivity index (χ3v) is 5.52. The van der Waals surface area contributed by atoms with E-state index in [0.717, 1.165) is 33.8 Å². The van der Waals surface area contributed by atoms with Crippen molar-refractivity contribution in [2.45, 2.75) is 34.1 Å². The Kier molecular flexibility index (Phi) is 6.34. The van der Waals surface area contributed by atoms with Gasteiger partial charge in [-0.1, -0.05) is 23.8 Å². The van der Waals surface area contributed by atoms with Crippen molar-refractivity contribution >= 4 is 34.7 Å². The number of hydrazone groups is 1. The van der Waals surface area contributed by atoms with E-state index in [1.165, 1.54) is 9.13 Å². The number of nitrogens with zero attached hydrogens (tertiary/aromatic N) is 2. The fourth-order valence-corrected chi connectivity index (χ4v) is 3.70. The summed E-state index contributed by atoms with van der Waals surface area (Å²) in [6.07, 6.45) is 2.04. The van der Waals surface area contributed by atoms with E-state index in [1.54, 1.807) is 6.21 Å². The molecule has 28 heavy (non-hydrogen) atoms. The molecule has 3 rings (SSSR count). The van der Waals surface area contributed by atoms with Crippen LogP contribution in [-0.2, 0) is 11.2 Å². The van der Waals surface area contributed by atoms with Gasteiger partial charge in [-0.2, -0.15) is 5.10 Å². The summed E-state index contributed by atoms with van der Waals surface area (Å²) in [7, 11) is 0. The molecular weight excluding hydrogens is 461 g/mol. The number of hydrogen-bond donors (Lipinski definition) is 1. The first-order valence-corrected chi connectivity index (χ1v) is 10.3. The average Bonchev–Trinajstić information content (AvgIpc) is 2.92. The second kappa shape index (κ2) is 8.73. The standard InChI is InChI=1S/C23H24IN3O/c1-15-5-6-19(16(2)11-15)13-23(28)26-25-14-20-12-17(3)27(18(20)4)22-9-7-21(24)8-10-22/h5-12,14H,13H2,1-4H3,(H,26,28)/b25-14-. The zero-order chi connectivity index (χ0) is 20.3. The minimum Gasteiger partial charge on any atom is -0.318 e. The molecule has 144 valence electrons. The molecule has 1 N–H and O–H groups in total. The number of aryl methyl sites for hydroxylation is 3. The Morgan fingerprint density at radius 2 is 1.79 bits per heavy atom. The van der Waals surface area contributed by atoms with E-state index in [9.17, 15) is 4.79 Å². The molecule has 0 saturated heterocycles. The summed E-state index contributed by atoms with van der Waals surface area (Å²) in [6, 6.07) is 16.6. The number of carbonyl (C=O) groups is 1. The molecule has 5 heteroatoms. The Balaban J connectivity index is 1.70. The van der Waals surface area contributed by atoms with E-state index in [2.05, 4.69) is 87.9 Å². The predicted molar refractivity (Wildman–Crippen MR) is 123 cm³/mol. The van der Waals surface area contributed by atoms with Gasteiger partial charge in [0.25, 0.3) is 0 Å². The molecule has 0 fully saturated rings. The minimum atomic E-state index is -0.116. The average molecular weight is 485 g/mol. The number of halogens is 1. The molecule has 0 saturated carbocycles. The van der Waals surface area contributed by atoms with Crippen LogP contribution < -0.4 is 5.43 Å². The van der Waals surface area contributed by atoms with Crippen molar-refractivity contribution in [3.63, 3.8) is 0 Å². The number of hydrogen-bond acceptors (Lipinski definition) is 2. The summed E-state index contributed by atoms with van der Waals surface area (Å²) < 4.78 is 3.40. The molecule has 0 spiro atoms. The zero-order valence-electron chi connectivity index (χ0n) is 16.6. The highest BCUT2D eigenvalue weighted by atomic mass is 127. The summed E-state index contributed by atoms with van der Waals surface area (Å²) in [4.78, 5) is 12.2. The third kappa shape index (κ3) is 4.70. The van der Waals surface area contributed by atoms with Crippen LogP contribution in [0, 0.1) is 31.3 Å². The summed E-state index contributed by atoms with van der Waals surface area (Å²) >= 11 is 2.30. The zero-order valence-corrected chi connectivity index (χ0v) is 18.7. The lowest BCUT2D eigenvalue weighted by atomic mass is 10.0. The van der Waals surface area contributed by atoms with Crippen LogP contribution in [0.3, 0.4) is 0 Å². The van der Waals surface area contributed by atoms with Crippen molar-refractivity contribution in [3.8, 4) is 5.69 Å². The van der Waals surface area contributed by atoms with Crippen molar-refractivity contribution in [2.75, 3.05) is 0 Å². The van der Waals surface area contributed by atoms with Gasteiger partial charge < -0.3 is 4.57 Å². The molecule has 1 aromatic heterocycles. The monoisotopic (exact) mass is 485 g/mol. The molecule has 0 aliphatic heterocycles. The predicted octanol–water partition coefficient (Wildman–Crippen LogP) is 5.01. The molecule has 4 nitrogen and oxygen atoms in total. The molecule has 0 aliphatic carbocycles. The van der Waals surface area contributed by atoms with Crippen molar-refractivity contribution in [3.05, 3.63) is 85.7 Å². The second-order valence-corrected chi connectivity index (χ2v) is 8.28. The molecule has 2 aromatic carbocycles. The van der Waals surface area contributed by atoms with Crippen molar-refractivity contribution in [2.24, 2.45) is 5.10 Å². The van der Waals surface area contributed by atoms with Crippen LogP contribution in [0.5, 0.6) is 0 Å². The lowest BCUT2D eigenvalue weighted by Crippen LogP contribution is -2.20. The fourth-order valence-electron chi connectivity index (χ4n) is 3.34. The molecule has 0 aliphatic rings. The summed E-state index contributed by atoms with van der Waals surface area (Å²) in [5.74, 6) is -0.116. The van der Waals surface area contributed by atoms with Gasteiger partial charge in [-0.15, -0.1) is 0 Å². The van der Waals surface area contributed by atoms with Gasteiger partial charge in [-0.25, -0.2) is 5.43 Å². The van der Waals surface area contributed by atoms with Crippen LogP contribution in [0.25, 0.3) is 5.69 Å². The normalized spacial score (nSPS) is 11.2. The van der Waals surface area contributed by atoms with E-state index >= 15 is 0 Å².